The summed E-state index contributed by atoms with van der Waals surface area (Å²) < 4.78 is 0.942. The van der Waals surface area contributed by atoms with Crippen LogP contribution in [0, 0.1) is 0 Å². The second kappa shape index (κ2) is 3.66. The first kappa shape index (κ1) is 4.66. The van der Waals surface area contributed by atoms with Crippen molar-refractivity contribution in [2.45, 2.75) is 0 Å². The van der Waals surface area contributed by atoms with Crippen LogP contribution in [0.1, 0.15) is 0 Å². The van der Waals surface area contributed by atoms with Gasteiger partial charge in [0.2, 0.25) is 0 Å². The molecule has 1 radical (unpaired) electrons. The number of rotatable bonds is 1. The summed E-state index contributed by atoms with van der Waals surface area (Å²) in [5, 5.41) is 0. The van der Waals surface area contributed by atoms with Crippen LogP contribution in [0.25, 0.3) is 0 Å². The van der Waals surface area contributed by atoms with Gasteiger partial charge in [-0.3, -0.25) is 0 Å². The SMILES string of the molecule is [B]=CCI. The summed E-state index contributed by atoms with van der Waals surface area (Å²) in [6.07, 6.45) is 0. The topological polar surface area (TPSA) is 0 Å². The molecule has 0 aromatic carbocycles. The fraction of sp³-hybridized carbons (Fsp3) is 0.500. The zero-order valence-electron chi connectivity index (χ0n) is 2.24. The van der Waals surface area contributed by atoms with Crippen molar-refractivity contribution in [2.75, 3.05) is 4.43 Å². The number of halogens is 1. The van der Waals surface area contributed by atoms with E-state index < -0.39 is 0 Å². The first-order valence-corrected chi connectivity index (χ1v) is 2.53. The van der Waals surface area contributed by atoms with Crippen LogP contribution in [0.2, 0.25) is 0 Å². The van der Waals surface area contributed by atoms with Crippen molar-refractivity contribution in [1.82, 2.24) is 0 Å². The van der Waals surface area contributed by atoms with E-state index in [4.69, 9.17) is 7.49 Å². The van der Waals surface area contributed by atoms with Gasteiger partial charge >= 0.3 is 40.5 Å². The maximum absolute atomic E-state index is 4.90. The zero-order chi connectivity index (χ0) is 3.41. The van der Waals surface area contributed by atoms with Gasteiger partial charge in [0.1, 0.15) is 0 Å². The fourth-order valence-corrected chi connectivity index (χ4v) is 0. The van der Waals surface area contributed by atoms with Crippen LogP contribution in [0.4, 0.5) is 0 Å². The monoisotopic (exact) mass is 165 g/mol. The molecule has 0 heterocycles. The van der Waals surface area contributed by atoms with E-state index in [-0.39, 0.29) is 0 Å². The third kappa shape index (κ3) is 2.66. The Morgan fingerprint density at radius 2 is 2.25 bits per heavy atom. The summed E-state index contributed by atoms with van der Waals surface area (Å²) in [5.41, 5.74) is 0. The van der Waals surface area contributed by atoms with Crippen molar-refractivity contribution in [1.29, 1.82) is 0 Å². The molecule has 0 saturated carbocycles. The van der Waals surface area contributed by atoms with Crippen LogP contribution in [-0.4, -0.2) is 17.9 Å². The van der Waals surface area contributed by atoms with Gasteiger partial charge in [0.25, 0.3) is 0 Å². The van der Waals surface area contributed by atoms with E-state index in [1.165, 1.54) is 0 Å². The van der Waals surface area contributed by atoms with Gasteiger partial charge in [-0.25, -0.2) is 0 Å². The Labute approximate surface area is 40.8 Å². The van der Waals surface area contributed by atoms with Gasteiger partial charge in [0, 0.05) is 0 Å². The van der Waals surface area contributed by atoms with Gasteiger partial charge in [0.05, 0.1) is 0 Å². The van der Waals surface area contributed by atoms with Gasteiger partial charge in [-0.15, -0.1) is 0 Å². The molecule has 0 nitrogen and oxygen atoms in total. The average molecular weight is 165 g/mol. The third-order valence-electron chi connectivity index (χ3n) is 0.0891. The van der Waals surface area contributed by atoms with Crippen LogP contribution in [0.3, 0.4) is 0 Å². The second-order valence-electron chi connectivity index (χ2n) is 0.390. The van der Waals surface area contributed by atoms with E-state index in [0.717, 1.165) is 4.43 Å². The molecule has 0 spiro atoms. The predicted molar refractivity (Wildman–Crippen MR) is 30.7 cm³/mol. The van der Waals surface area contributed by atoms with Crippen LogP contribution >= 0.6 is 22.6 Å². The molecule has 2 heteroatoms. The Balaban J connectivity index is 2.30. The molecule has 0 amide bonds. The van der Waals surface area contributed by atoms with Crippen LogP contribution in [-0.2, 0) is 0 Å². The summed E-state index contributed by atoms with van der Waals surface area (Å²) in [4.78, 5) is 0. The van der Waals surface area contributed by atoms with Gasteiger partial charge in [0.15, 0.2) is 0 Å². The molecule has 0 atom stereocenters. The average Bonchev–Trinajstić information content (AvgIpc) is 1.37. The Morgan fingerprint density at radius 1 is 2.00 bits per heavy atom. The Kier molecular flexibility index (Phi) is 4.27. The summed E-state index contributed by atoms with van der Waals surface area (Å²) in [6, 6.07) is 0. The summed E-state index contributed by atoms with van der Waals surface area (Å²) >= 11 is 2.17. The normalized spacial score (nSPS) is 6.00. The van der Waals surface area contributed by atoms with E-state index in [9.17, 15) is 0 Å². The first-order valence-electron chi connectivity index (χ1n) is 1.01. The standard InChI is InChI=1S/C2H3BI/c3-1-2-4/h1H,2H2. The molecule has 21 valence electrons. The minimum absolute atomic E-state index is 0.942. The fourth-order valence-electron chi connectivity index (χ4n) is 0. The van der Waals surface area contributed by atoms with Crippen molar-refractivity contribution in [3.63, 3.8) is 0 Å². The molecule has 0 fully saturated rings. The van der Waals surface area contributed by atoms with Crippen molar-refractivity contribution < 1.29 is 0 Å². The van der Waals surface area contributed by atoms with Gasteiger partial charge in [-0.1, -0.05) is 0 Å². The molecule has 0 N–H and O–H groups in total. The van der Waals surface area contributed by atoms with E-state index in [0.29, 0.717) is 0 Å². The first-order chi connectivity index (χ1) is 1.91. The quantitative estimate of drug-likeness (QED) is 0.299. The molecule has 0 aliphatic carbocycles. The van der Waals surface area contributed by atoms with Gasteiger partial charge in [-0.05, 0) is 0 Å². The molecule has 4 heavy (non-hydrogen) atoms. The molecule has 0 bridgehead atoms. The number of hydrogen-bond acceptors (Lipinski definition) is 0. The van der Waals surface area contributed by atoms with Crippen molar-refractivity contribution in [3.05, 3.63) is 0 Å². The van der Waals surface area contributed by atoms with Crippen molar-refractivity contribution in [2.24, 2.45) is 0 Å². The van der Waals surface area contributed by atoms with E-state index in [1.54, 1.807) is 5.97 Å². The maximum atomic E-state index is 4.90. The molecular formula is C2H3BI. The zero-order valence-corrected chi connectivity index (χ0v) is 4.40. The van der Waals surface area contributed by atoms with Gasteiger partial charge < -0.3 is 0 Å². The Morgan fingerprint density at radius 3 is 2.25 bits per heavy atom. The van der Waals surface area contributed by atoms with Crippen LogP contribution in [0.5, 0.6) is 0 Å². The van der Waals surface area contributed by atoms with Crippen LogP contribution in [0.15, 0.2) is 0 Å². The molecule has 0 rings (SSSR count). The molecule has 0 saturated heterocycles. The second-order valence-corrected chi connectivity index (χ2v) is 1.27. The molecule has 0 unspecified atom stereocenters. The summed E-state index contributed by atoms with van der Waals surface area (Å²) in [5.74, 6) is 1.61. The van der Waals surface area contributed by atoms with E-state index >= 15 is 0 Å². The predicted octanol–water partition coefficient (Wildman–Crippen LogP) is 0.392. The third-order valence-corrected chi connectivity index (χ3v) is 0.598. The number of alkyl halides is 1. The van der Waals surface area contributed by atoms with E-state index in [1.807, 2.05) is 0 Å². The van der Waals surface area contributed by atoms with Crippen molar-refractivity contribution in [3.8, 4) is 0 Å². The Hall–Kier alpha value is 0.665. The molecule has 0 aliphatic rings. The molecule has 0 aromatic rings. The Bertz CT molecular complexity index is 20.0. The van der Waals surface area contributed by atoms with Crippen LogP contribution < -0.4 is 0 Å². The van der Waals surface area contributed by atoms with Gasteiger partial charge in [-0.2, -0.15) is 0 Å². The summed E-state index contributed by atoms with van der Waals surface area (Å²) in [6.45, 7) is 0. The molecule has 0 aromatic heterocycles. The minimum atomic E-state index is 0.942. The molecule has 0 aliphatic heterocycles. The van der Waals surface area contributed by atoms with E-state index in [2.05, 4.69) is 22.6 Å². The molecular weight excluding hydrogens is 162 g/mol. The number of hydrogen-bond donors (Lipinski definition) is 0. The van der Waals surface area contributed by atoms with Crippen molar-refractivity contribution >= 4 is 36.0 Å². The summed E-state index contributed by atoms with van der Waals surface area (Å²) in [7, 11) is 4.90.